The number of aliphatic carboxylic acids is 1. The van der Waals surface area contributed by atoms with Gasteiger partial charge in [-0.15, -0.1) is 0 Å². The van der Waals surface area contributed by atoms with E-state index in [1.54, 1.807) is 27.9 Å². The summed E-state index contributed by atoms with van der Waals surface area (Å²) in [6.45, 7) is 5.68. The Hall–Kier alpha value is -4.12. The molecule has 1 saturated heterocycles. The molecule has 1 aliphatic heterocycles. The van der Waals surface area contributed by atoms with Gasteiger partial charge in [0.15, 0.2) is 0 Å². The summed E-state index contributed by atoms with van der Waals surface area (Å²) in [6, 6.07) is 14.2. The fourth-order valence-electron chi connectivity index (χ4n) is 4.33. The second-order valence-electron chi connectivity index (χ2n) is 10.8. The molecular weight excluding hydrogens is 530 g/mol. The molecule has 2 atom stereocenters. The third kappa shape index (κ3) is 10.1. The maximum Gasteiger partial charge on any atom is 0.412 e. The van der Waals surface area contributed by atoms with Gasteiger partial charge in [-0.05, 0) is 56.0 Å². The van der Waals surface area contributed by atoms with Crippen molar-refractivity contribution in [1.82, 2.24) is 15.5 Å². The Balaban J connectivity index is 1.64. The molecule has 2 aromatic carbocycles. The number of ether oxygens (including phenoxy) is 3. The number of rotatable bonds is 11. The summed E-state index contributed by atoms with van der Waals surface area (Å²) in [5.41, 5.74) is 2.07. The number of amides is 3. The van der Waals surface area contributed by atoms with Crippen molar-refractivity contribution in [3.8, 4) is 16.9 Å². The van der Waals surface area contributed by atoms with E-state index in [4.69, 9.17) is 19.3 Å². The molecule has 41 heavy (non-hydrogen) atoms. The van der Waals surface area contributed by atoms with Crippen LogP contribution < -0.4 is 15.4 Å². The summed E-state index contributed by atoms with van der Waals surface area (Å²) in [5.74, 6) is -1.47. The van der Waals surface area contributed by atoms with Crippen molar-refractivity contribution in [2.75, 3.05) is 26.8 Å². The average molecular weight is 570 g/mol. The smallest absolute Gasteiger partial charge is 0.412 e. The highest BCUT2D eigenvalue weighted by molar-refractivity contribution is 5.89. The molecule has 0 spiro atoms. The number of carbonyl (C=O) groups is 4. The molecule has 2 aromatic rings. The van der Waals surface area contributed by atoms with Crippen molar-refractivity contribution < 1.29 is 38.5 Å². The standard InChI is InChI=1S/C30H39N3O8/c1-30(2,3)41-29(38)33-16-5-17-40-26(33)15-14-25(34)32-24(28(37)31-19-27(35)36)18-20-6-8-21(9-7-20)22-10-12-23(39-4)13-11-22/h6-13,24,26H,5,14-19H2,1-4H3,(H,31,37)(H,32,34)(H,35,36)/t24-,26?/m0/s1. The van der Waals surface area contributed by atoms with Gasteiger partial charge in [0, 0.05) is 25.8 Å². The van der Waals surface area contributed by atoms with Crippen LogP contribution in [0, 0.1) is 0 Å². The summed E-state index contributed by atoms with van der Waals surface area (Å²) in [6.07, 6.45) is -0.121. The fourth-order valence-corrected chi connectivity index (χ4v) is 4.33. The third-order valence-corrected chi connectivity index (χ3v) is 6.33. The maximum absolute atomic E-state index is 12.9. The summed E-state index contributed by atoms with van der Waals surface area (Å²) < 4.78 is 16.4. The lowest BCUT2D eigenvalue weighted by Gasteiger charge is -2.36. The summed E-state index contributed by atoms with van der Waals surface area (Å²) in [5, 5.41) is 14.1. The maximum atomic E-state index is 12.9. The van der Waals surface area contributed by atoms with Crippen LogP contribution in [0.4, 0.5) is 4.79 Å². The van der Waals surface area contributed by atoms with Crippen LogP contribution in [0.15, 0.2) is 48.5 Å². The first-order chi connectivity index (χ1) is 19.4. The van der Waals surface area contributed by atoms with Crippen molar-refractivity contribution in [3.05, 3.63) is 54.1 Å². The Morgan fingerprint density at radius 3 is 2.27 bits per heavy atom. The number of hydrogen-bond donors (Lipinski definition) is 3. The first-order valence-corrected chi connectivity index (χ1v) is 13.6. The first-order valence-electron chi connectivity index (χ1n) is 13.6. The largest absolute Gasteiger partial charge is 0.497 e. The Bertz CT molecular complexity index is 1190. The van der Waals surface area contributed by atoms with Crippen molar-refractivity contribution in [2.45, 2.75) is 64.3 Å². The van der Waals surface area contributed by atoms with Crippen molar-refractivity contribution in [1.29, 1.82) is 0 Å². The monoisotopic (exact) mass is 569 g/mol. The highest BCUT2D eigenvalue weighted by Crippen LogP contribution is 2.23. The van der Waals surface area contributed by atoms with E-state index in [0.717, 1.165) is 22.4 Å². The lowest BCUT2D eigenvalue weighted by molar-refractivity contribution is -0.138. The molecule has 3 N–H and O–H groups in total. The van der Waals surface area contributed by atoms with Crippen LogP contribution in [0.3, 0.4) is 0 Å². The van der Waals surface area contributed by atoms with Gasteiger partial charge in [-0.2, -0.15) is 0 Å². The summed E-state index contributed by atoms with van der Waals surface area (Å²) >= 11 is 0. The second kappa shape index (κ2) is 14.5. The number of carboxylic acid groups (broad SMARTS) is 1. The number of nitrogens with one attached hydrogen (secondary N) is 2. The summed E-state index contributed by atoms with van der Waals surface area (Å²) in [7, 11) is 1.61. The molecule has 1 fully saturated rings. The van der Waals surface area contributed by atoms with E-state index in [0.29, 0.717) is 19.6 Å². The zero-order valence-corrected chi connectivity index (χ0v) is 24.0. The second-order valence-corrected chi connectivity index (χ2v) is 10.8. The highest BCUT2D eigenvalue weighted by atomic mass is 16.6. The molecule has 0 bridgehead atoms. The number of hydrogen-bond acceptors (Lipinski definition) is 7. The number of benzene rings is 2. The SMILES string of the molecule is COc1ccc(-c2ccc(C[C@H](NC(=O)CCC3OCCCN3C(=O)OC(C)(C)C)C(=O)NCC(=O)O)cc2)cc1. The highest BCUT2D eigenvalue weighted by Gasteiger charge is 2.32. The van der Waals surface area contributed by atoms with Gasteiger partial charge in [-0.1, -0.05) is 36.4 Å². The number of carboxylic acids is 1. The first kappa shape index (κ1) is 31.4. The van der Waals surface area contributed by atoms with Crippen molar-refractivity contribution >= 4 is 23.9 Å². The lowest BCUT2D eigenvalue weighted by Crippen LogP contribution is -2.50. The Morgan fingerprint density at radius 1 is 1.05 bits per heavy atom. The molecule has 0 radical (unpaired) electrons. The van der Waals surface area contributed by atoms with Gasteiger partial charge in [0.1, 0.15) is 30.2 Å². The van der Waals surface area contributed by atoms with Crippen LogP contribution in [-0.2, 0) is 30.3 Å². The summed E-state index contributed by atoms with van der Waals surface area (Å²) in [4.78, 5) is 50.8. The molecule has 11 heteroatoms. The van der Waals surface area contributed by atoms with Gasteiger partial charge in [-0.3, -0.25) is 19.3 Å². The molecule has 222 valence electrons. The van der Waals surface area contributed by atoms with Crippen molar-refractivity contribution in [2.24, 2.45) is 0 Å². The minimum Gasteiger partial charge on any atom is -0.497 e. The van der Waals surface area contributed by atoms with Crippen LogP contribution >= 0.6 is 0 Å². The normalized spacial score (nSPS) is 15.9. The zero-order chi connectivity index (χ0) is 30.0. The molecule has 1 heterocycles. The van der Waals surface area contributed by atoms with E-state index in [2.05, 4.69) is 10.6 Å². The van der Waals surface area contributed by atoms with Gasteiger partial charge in [0.25, 0.3) is 0 Å². The molecule has 3 amide bonds. The quantitative estimate of drug-likeness (QED) is 0.374. The fraction of sp³-hybridized carbons (Fsp3) is 0.467. The third-order valence-electron chi connectivity index (χ3n) is 6.33. The molecule has 0 aromatic heterocycles. The topological polar surface area (TPSA) is 144 Å². The molecular formula is C30H39N3O8. The van der Waals surface area contributed by atoms with E-state index in [1.807, 2.05) is 48.5 Å². The minimum absolute atomic E-state index is 0.0108. The zero-order valence-electron chi connectivity index (χ0n) is 24.0. The van der Waals surface area contributed by atoms with Gasteiger partial charge in [0.05, 0.1) is 13.7 Å². The Labute approximate surface area is 240 Å². The molecule has 11 nitrogen and oxygen atoms in total. The Morgan fingerprint density at radius 2 is 1.68 bits per heavy atom. The predicted molar refractivity (Wildman–Crippen MR) is 151 cm³/mol. The van der Waals surface area contributed by atoms with Gasteiger partial charge in [-0.25, -0.2) is 4.79 Å². The van der Waals surface area contributed by atoms with Crippen LogP contribution in [0.5, 0.6) is 5.75 Å². The molecule has 3 rings (SSSR count). The van der Waals surface area contributed by atoms with Crippen LogP contribution in [0.2, 0.25) is 0 Å². The van der Waals surface area contributed by atoms with E-state index in [9.17, 15) is 19.2 Å². The predicted octanol–water partition coefficient (Wildman–Crippen LogP) is 3.35. The number of methoxy groups -OCH3 is 1. The van der Waals surface area contributed by atoms with Crippen molar-refractivity contribution in [3.63, 3.8) is 0 Å². The van der Waals surface area contributed by atoms with E-state index < -0.39 is 48.3 Å². The van der Waals surface area contributed by atoms with Gasteiger partial charge < -0.3 is 30.0 Å². The van der Waals surface area contributed by atoms with E-state index in [-0.39, 0.29) is 19.3 Å². The molecule has 1 aliphatic rings. The van der Waals surface area contributed by atoms with Crippen LogP contribution in [0.25, 0.3) is 11.1 Å². The Kier molecular flexibility index (Phi) is 11.1. The molecule has 1 unspecified atom stereocenters. The molecule has 0 aliphatic carbocycles. The van der Waals surface area contributed by atoms with E-state index >= 15 is 0 Å². The van der Waals surface area contributed by atoms with E-state index in [1.165, 1.54) is 4.90 Å². The number of nitrogens with zero attached hydrogens (tertiary/aromatic N) is 1. The molecule has 0 saturated carbocycles. The van der Waals surface area contributed by atoms with Gasteiger partial charge in [0.2, 0.25) is 11.8 Å². The van der Waals surface area contributed by atoms with Gasteiger partial charge >= 0.3 is 12.1 Å². The minimum atomic E-state index is -1.19. The number of carbonyl (C=O) groups excluding carboxylic acids is 3. The van der Waals surface area contributed by atoms with Crippen LogP contribution in [-0.4, -0.2) is 78.6 Å². The lowest BCUT2D eigenvalue weighted by atomic mass is 10.00. The average Bonchev–Trinajstić information content (AvgIpc) is 2.94. The van der Waals surface area contributed by atoms with Crippen LogP contribution in [0.1, 0.15) is 45.6 Å².